The van der Waals surface area contributed by atoms with Crippen molar-refractivity contribution >= 4 is 23.3 Å². The molecule has 1 amide bonds. The molecule has 1 aliphatic rings. The highest BCUT2D eigenvalue weighted by Crippen LogP contribution is 2.29. The Morgan fingerprint density at radius 3 is 2.48 bits per heavy atom. The first-order chi connectivity index (χ1) is 21.5. The van der Waals surface area contributed by atoms with Crippen LogP contribution >= 0.6 is 0 Å². The number of nitrogens with one attached hydrogen (secondary N) is 3. The number of methoxy groups -OCH3 is 3. The van der Waals surface area contributed by atoms with Crippen LogP contribution in [0.5, 0.6) is 11.5 Å². The fourth-order valence-electron chi connectivity index (χ4n) is 4.99. The molecule has 1 atom stereocenters. The quantitative estimate of drug-likeness (QED) is 0.124. The molecule has 12 heteroatoms. The minimum atomic E-state index is -0.563. The number of benzene rings is 2. The second kappa shape index (κ2) is 19.3. The third-order valence-electron chi connectivity index (χ3n) is 7.39. The smallest absolute Gasteiger partial charge is 0.319 e. The number of rotatable bonds is 19. The Morgan fingerprint density at radius 2 is 1.75 bits per heavy atom. The van der Waals surface area contributed by atoms with Gasteiger partial charge in [0.2, 0.25) is 12.5 Å². The van der Waals surface area contributed by atoms with Crippen LogP contribution in [-0.2, 0) is 25.6 Å². The first-order valence-corrected chi connectivity index (χ1v) is 15.0. The Bertz CT molecular complexity index is 1210. The first-order valence-electron chi connectivity index (χ1n) is 15.0. The maximum Gasteiger partial charge on any atom is 0.319 e. The number of amides is 1. The number of carbonyl (C=O) groups excluding carboxylic acids is 2. The molecule has 44 heavy (non-hydrogen) atoms. The van der Waals surface area contributed by atoms with Gasteiger partial charge in [0.1, 0.15) is 18.1 Å². The van der Waals surface area contributed by atoms with E-state index in [9.17, 15) is 9.59 Å². The van der Waals surface area contributed by atoms with Gasteiger partial charge in [0.25, 0.3) is 0 Å². The van der Waals surface area contributed by atoms with E-state index < -0.39 is 12.0 Å². The Labute approximate surface area is 260 Å². The van der Waals surface area contributed by atoms with Crippen molar-refractivity contribution in [2.75, 3.05) is 97.1 Å². The van der Waals surface area contributed by atoms with Crippen LogP contribution in [-0.4, -0.2) is 110 Å². The summed E-state index contributed by atoms with van der Waals surface area (Å²) in [6.07, 6.45) is 1.19. The number of esters is 1. The van der Waals surface area contributed by atoms with Crippen molar-refractivity contribution in [3.63, 3.8) is 0 Å². The summed E-state index contributed by atoms with van der Waals surface area (Å²) in [4.78, 5) is 32.4. The van der Waals surface area contributed by atoms with Crippen LogP contribution in [0.15, 0.2) is 42.5 Å². The molecular formula is C32H46N6O6. The van der Waals surface area contributed by atoms with E-state index in [2.05, 4.69) is 48.8 Å². The van der Waals surface area contributed by atoms with Crippen molar-refractivity contribution in [1.82, 2.24) is 15.5 Å². The topological polar surface area (TPSA) is 118 Å². The minimum Gasteiger partial charge on any atom is -0.495 e. The van der Waals surface area contributed by atoms with Gasteiger partial charge in [-0.1, -0.05) is 18.2 Å². The summed E-state index contributed by atoms with van der Waals surface area (Å²) in [5, 5.41) is 9.23. The molecule has 1 unspecified atom stereocenters. The van der Waals surface area contributed by atoms with Crippen LogP contribution in [0.3, 0.4) is 0 Å². The van der Waals surface area contributed by atoms with Crippen molar-refractivity contribution in [3.8, 4) is 11.5 Å². The van der Waals surface area contributed by atoms with Crippen molar-refractivity contribution in [2.24, 2.45) is 0 Å². The summed E-state index contributed by atoms with van der Waals surface area (Å²) in [6, 6.07) is 13.8. The van der Waals surface area contributed by atoms with Gasteiger partial charge >= 0.3 is 5.97 Å². The summed E-state index contributed by atoms with van der Waals surface area (Å²) >= 11 is 0. The van der Waals surface area contributed by atoms with E-state index in [0.29, 0.717) is 45.7 Å². The van der Waals surface area contributed by atoms with Gasteiger partial charge in [-0.2, -0.15) is 0 Å². The molecule has 0 radical (unpaired) electrons. The molecule has 3 rings (SSSR count). The summed E-state index contributed by atoms with van der Waals surface area (Å²) in [6.45, 7) is 13.2. The van der Waals surface area contributed by atoms with Crippen LogP contribution in [0.25, 0.3) is 4.85 Å². The molecule has 1 aliphatic heterocycles. The average molecular weight is 611 g/mol. The Kier molecular flexibility index (Phi) is 15.1. The zero-order valence-corrected chi connectivity index (χ0v) is 26.1. The van der Waals surface area contributed by atoms with Gasteiger partial charge in [0.05, 0.1) is 51.9 Å². The number of anilines is 2. The predicted octanol–water partition coefficient (Wildman–Crippen LogP) is 2.40. The highest BCUT2D eigenvalue weighted by atomic mass is 16.5. The van der Waals surface area contributed by atoms with E-state index in [1.165, 1.54) is 12.7 Å². The van der Waals surface area contributed by atoms with E-state index >= 15 is 0 Å². The SMILES string of the molecule is [C-]#[N+]CCOCCNC(=O)C(CCCNc1ccc(CN2CCN(c3ccccc3OC)CC2)cc1OC)NCC(=O)OC. The van der Waals surface area contributed by atoms with E-state index in [0.717, 1.165) is 55.6 Å². The number of ether oxygens (including phenoxy) is 4. The second-order valence-electron chi connectivity index (χ2n) is 10.3. The van der Waals surface area contributed by atoms with Crippen LogP contribution < -0.4 is 30.3 Å². The highest BCUT2D eigenvalue weighted by molar-refractivity contribution is 5.82. The van der Waals surface area contributed by atoms with E-state index in [-0.39, 0.29) is 12.5 Å². The zero-order chi connectivity index (χ0) is 31.6. The lowest BCUT2D eigenvalue weighted by atomic mass is 10.1. The molecule has 0 aromatic heterocycles. The summed E-state index contributed by atoms with van der Waals surface area (Å²) < 4.78 is 21.2. The Balaban J connectivity index is 1.46. The normalized spacial score (nSPS) is 13.9. The minimum absolute atomic E-state index is 0.0612. The van der Waals surface area contributed by atoms with Crippen molar-refractivity contribution in [1.29, 1.82) is 0 Å². The standard InChI is InChI=1S/C32H46N6O6/c1-33-14-20-44-21-15-35-32(40)27(36-23-31(39)43-4)8-7-13-34-26-12-11-25(22-30(26)42-3)24-37-16-18-38(19-17-37)28-9-5-6-10-29(28)41-2/h5-6,9-12,22,27,34,36H,7-8,13-21,23-24H2,2-4H3,(H,35,40). The molecular weight excluding hydrogens is 564 g/mol. The van der Waals surface area contributed by atoms with Gasteiger partial charge in [-0.15, -0.1) is 0 Å². The van der Waals surface area contributed by atoms with Crippen molar-refractivity contribution < 1.29 is 28.5 Å². The molecule has 3 N–H and O–H groups in total. The third-order valence-corrected chi connectivity index (χ3v) is 7.39. The Morgan fingerprint density at radius 1 is 0.977 bits per heavy atom. The van der Waals surface area contributed by atoms with E-state index in [1.807, 2.05) is 24.3 Å². The average Bonchev–Trinajstić information content (AvgIpc) is 3.06. The molecule has 2 aromatic carbocycles. The second-order valence-corrected chi connectivity index (χ2v) is 10.3. The maximum atomic E-state index is 12.7. The molecule has 2 aromatic rings. The van der Waals surface area contributed by atoms with Gasteiger partial charge in [0.15, 0.2) is 0 Å². The first kappa shape index (κ1) is 34.4. The lowest BCUT2D eigenvalue weighted by Gasteiger charge is -2.36. The van der Waals surface area contributed by atoms with Crippen LogP contribution in [0.4, 0.5) is 11.4 Å². The fourth-order valence-corrected chi connectivity index (χ4v) is 4.99. The molecule has 1 heterocycles. The number of hydrogen-bond donors (Lipinski definition) is 3. The van der Waals surface area contributed by atoms with Crippen molar-refractivity contribution in [2.45, 2.75) is 25.4 Å². The molecule has 0 bridgehead atoms. The van der Waals surface area contributed by atoms with Gasteiger partial charge in [-0.05, 0) is 42.7 Å². The zero-order valence-electron chi connectivity index (χ0n) is 26.1. The fraction of sp³-hybridized carbons (Fsp3) is 0.531. The predicted molar refractivity (Wildman–Crippen MR) is 170 cm³/mol. The largest absolute Gasteiger partial charge is 0.495 e. The van der Waals surface area contributed by atoms with Gasteiger partial charge in [-0.25, -0.2) is 6.57 Å². The lowest BCUT2D eigenvalue weighted by Crippen LogP contribution is -2.47. The summed E-state index contributed by atoms with van der Waals surface area (Å²) in [5.41, 5.74) is 3.20. The number of carbonyl (C=O) groups is 2. The van der Waals surface area contributed by atoms with Crippen LogP contribution in [0.1, 0.15) is 18.4 Å². The number of nitrogens with zero attached hydrogens (tertiary/aromatic N) is 3. The molecule has 0 saturated carbocycles. The molecule has 240 valence electrons. The number of piperazine rings is 1. The maximum absolute atomic E-state index is 12.7. The molecule has 12 nitrogen and oxygen atoms in total. The monoisotopic (exact) mass is 610 g/mol. The Hall–Kier alpha value is -4.05. The van der Waals surface area contributed by atoms with E-state index in [1.54, 1.807) is 14.2 Å². The number of hydrogen-bond acceptors (Lipinski definition) is 10. The van der Waals surface area contributed by atoms with Gasteiger partial charge in [-0.3, -0.25) is 19.8 Å². The van der Waals surface area contributed by atoms with Gasteiger partial charge < -0.3 is 39.3 Å². The van der Waals surface area contributed by atoms with E-state index in [4.69, 9.17) is 25.5 Å². The molecule has 1 saturated heterocycles. The van der Waals surface area contributed by atoms with Gasteiger partial charge in [0, 0.05) is 45.8 Å². The number of para-hydroxylation sites is 2. The molecule has 0 spiro atoms. The van der Waals surface area contributed by atoms with Crippen molar-refractivity contribution in [3.05, 3.63) is 59.4 Å². The summed E-state index contributed by atoms with van der Waals surface area (Å²) in [5.74, 6) is 1.02. The molecule has 1 fully saturated rings. The highest BCUT2D eigenvalue weighted by Gasteiger charge is 2.21. The van der Waals surface area contributed by atoms with Crippen LogP contribution in [0, 0.1) is 6.57 Å². The lowest BCUT2D eigenvalue weighted by molar-refractivity contribution is -0.139. The summed E-state index contributed by atoms with van der Waals surface area (Å²) in [7, 11) is 4.69. The third kappa shape index (κ3) is 11.2. The van der Waals surface area contributed by atoms with Crippen LogP contribution in [0.2, 0.25) is 0 Å². The molecule has 0 aliphatic carbocycles.